The van der Waals surface area contributed by atoms with Gasteiger partial charge in [0.25, 0.3) is 0 Å². The Labute approximate surface area is 161 Å². The van der Waals surface area contributed by atoms with E-state index < -0.39 is 10.0 Å². The van der Waals surface area contributed by atoms with Crippen molar-refractivity contribution in [2.24, 2.45) is 0 Å². The Balaban J connectivity index is 1.52. The highest BCUT2D eigenvalue weighted by atomic mass is 35.5. The van der Waals surface area contributed by atoms with Gasteiger partial charge in [-0.05, 0) is 54.8 Å². The first-order valence-electron chi connectivity index (χ1n) is 9.02. The third-order valence-corrected chi connectivity index (χ3v) is 6.15. The molecule has 2 aromatic rings. The fourth-order valence-corrected chi connectivity index (χ4v) is 4.55. The predicted octanol–water partition coefficient (Wildman–Crippen LogP) is 3.95. The molecule has 1 N–H and O–H groups in total. The summed E-state index contributed by atoms with van der Waals surface area (Å²) in [6, 6.07) is 15.1. The average Bonchev–Trinajstić information content (AvgIpc) is 2.62. The van der Waals surface area contributed by atoms with Gasteiger partial charge in [-0.2, -0.15) is 0 Å². The molecule has 4 nitrogen and oxygen atoms in total. The summed E-state index contributed by atoms with van der Waals surface area (Å²) in [7, 11) is -3.40. The Morgan fingerprint density at radius 3 is 2.31 bits per heavy atom. The molecule has 6 heteroatoms. The van der Waals surface area contributed by atoms with E-state index in [1.807, 2.05) is 12.1 Å². The lowest BCUT2D eigenvalue weighted by Crippen LogP contribution is -2.29. The molecule has 1 heterocycles. The minimum absolute atomic E-state index is 0.0688. The molecule has 0 bridgehead atoms. The highest BCUT2D eigenvalue weighted by Gasteiger charge is 2.12. The zero-order chi connectivity index (χ0) is 18.4. The number of nitrogens with zero attached hydrogens (tertiary/aromatic N) is 1. The van der Waals surface area contributed by atoms with Crippen molar-refractivity contribution in [2.45, 2.75) is 38.1 Å². The second-order valence-corrected chi connectivity index (χ2v) is 9.11. The van der Waals surface area contributed by atoms with Crippen LogP contribution in [0, 0.1) is 0 Å². The van der Waals surface area contributed by atoms with Crippen molar-refractivity contribution in [2.75, 3.05) is 13.1 Å². The van der Waals surface area contributed by atoms with Gasteiger partial charge in [0.05, 0.1) is 5.75 Å². The molecule has 0 saturated carbocycles. The number of halogens is 1. The Morgan fingerprint density at radius 2 is 1.62 bits per heavy atom. The van der Waals surface area contributed by atoms with Crippen LogP contribution in [0.5, 0.6) is 0 Å². The first-order chi connectivity index (χ1) is 12.5. The molecule has 0 atom stereocenters. The predicted molar refractivity (Wildman–Crippen MR) is 106 cm³/mol. The van der Waals surface area contributed by atoms with Crippen molar-refractivity contribution in [1.82, 2.24) is 9.62 Å². The molecular formula is C20H25ClN2O2S. The fraction of sp³-hybridized carbons (Fsp3) is 0.400. The SMILES string of the molecule is O=S(=O)(Cc1cccc(Cl)c1)NCc1ccc(CN2CCCCC2)cc1. The van der Waals surface area contributed by atoms with E-state index in [2.05, 4.69) is 21.8 Å². The van der Waals surface area contributed by atoms with Crippen LogP contribution in [0.15, 0.2) is 48.5 Å². The molecule has 1 aliphatic rings. The molecule has 140 valence electrons. The molecule has 1 fully saturated rings. The van der Waals surface area contributed by atoms with E-state index in [0.29, 0.717) is 17.1 Å². The number of benzene rings is 2. The van der Waals surface area contributed by atoms with Crippen LogP contribution in [0.25, 0.3) is 0 Å². The van der Waals surface area contributed by atoms with Crippen LogP contribution in [0.4, 0.5) is 0 Å². The van der Waals surface area contributed by atoms with Gasteiger partial charge >= 0.3 is 0 Å². The van der Waals surface area contributed by atoms with E-state index in [-0.39, 0.29) is 5.75 Å². The van der Waals surface area contributed by atoms with E-state index in [1.165, 1.54) is 37.9 Å². The fourth-order valence-electron chi connectivity index (χ4n) is 3.23. The minimum atomic E-state index is -3.40. The monoisotopic (exact) mass is 392 g/mol. The largest absolute Gasteiger partial charge is 0.299 e. The van der Waals surface area contributed by atoms with Crippen molar-refractivity contribution in [3.8, 4) is 0 Å². The number of nitrogens with one attached hydrogen (secondary N) is 1. The molecule has 26 heavy (non-hydrogen) atoms. The number of hydrogen-bond acceptors (Lipinski definition) is 3. The van der Waals surface area contributed by atoms with Crippen LogP contribution in [0.2, 0.25) is 5.02 Å². The van der Waals surface area contributed by atoms with Crippen LogP contribution in [-0.4, -0.2) is 26.4 Å². The average molecular weight is 393 g/mol. The number of likely N-dealkylation sites (tertiary alicyclic amines) is 1. The van der Waals surface area contributed by atoms with Crippen LogP contribution in [0.3, 0.4) is 0 Å². The minimum Gasteiger partial charge on any atom is -0.299 e. The first kappa shape index (κ1) is 19.4. The van der Waals surface area contributed by atoms with Gasteiger partial charge in [0.2, 0.25) is 10.0 Å². The third-order valence-electron chi connectivity index (χ3n) is 4.62. The second-order valence-electron chi connectivity index (χ2n) is 6.86. The molecule has 0 unspecified atom stereocenters. The van der Waals surface area contributed by atoms with E-state index in [4.69, 9.17) is 11.6 Å². The number of piperidine rings is 1. The maximum atomic E-state index is 12.3. The van der Waals surface area contributed by atoms with Gasteiger partial charge < -0.3 is 0 Å². The Bertz CT molecular complexity index is 816. The molecule has 0 radical (unpaired) electrons. The van der Waals surface area contributed by atoms with Crippen molar-refractivity contribution in [3.63, 3.8) is 0 Å². The zero-order valence-corrected chi connectivity index (χ0v) is 16.4. The summed E-state index contributed by atoms with van der Waals surface area (Å²) in [5.74, 6) is -0.0688. The summed E-state index contributed by atoms with van der Waals surface area (Å²) in [6.45, 7) is 3.61. The van der Waals surface area contributed by atoms with Crippen molar-refractivity contribution < 1.29 is 8.42 Å². The molecular weight excluding hydrogens is 368 g/mol. The van der Waals surface area contributed by atoms with E-state index in [1.54, 1.807) is 24.3 Å². The number of sulfonamides is 1. The van der Waals surface area contributed by atoms with Crippen molar-refractivity contribution in [3.05, 3.63) is 70.2 Å². The molecule has 0 spiro atoms. The maximum absolute atomic E-state index is 12.3. The third kappa shape index (κ3) is 6.09. The van der Waals surface area contributed by atoms with Gasteiger partial charge in [0.1, 0.15) is 0 Å². The van der Waals surface area contributed by atoms with Crippen LogP contribution in [0.1, 0.15) is 36.0 Å². The molecule has 3 rings (SSSR count). The normalized spacial score (nSPS) is 15.9. The van der Waals surface area contributed by atoms with Crippen LogP contribution >= 0.6 is 11.6 Å². The molecule has 0 aliphatic carbocycles. The quantitative estimate of drug-likeness (QED) is 0.776. The Morgan fingerprint density at radius 1 is 0.923 bits per heavy atom. The van der Waals surface area contributed by atoms with Crippen LogP contribution < -0.4 is 4.72 Å². The topological polar surface area (TPSA) is 49.4 Å². The Hall–Kier alpha value is -1.40. The lowest BCUT2D eigenvalue weighted by atomic mass is 10.1. The lowest BCUT2D eigenvalue weighted by Gasteiger charge is -2.26. The van der Waals surface area contributed by atoms with Gasteiger partial charge in [-0.25, -0.2) is 13.1 Å². The van der Waals surface area contributed by atoms with Crippen molar-refractivity contribution in [1.29, 1.82) is 0 Å². The van der Waals surface area contributed by atoms with Gasteiger partial charge in [0, 0.05) is 18.1 Å². The Kier molecular flexibility index (Phi) is 6.70. The van der Waals surface area contributed by atoms with Gasteiger partial charge in [0.15, 0.2) is 0 Å². The van der Waals surface area contributed by atoms with Crippen LogP contribution in [-0.2, 0) is 28.9 Å². The second kappa shape index (κ2) is 9.00. The summed E-state index contributed by atoms with van der Waals surface area (Å²) in [6.07, 6.45) is 3.91. The van der Waals surface area contributed by atoms with Gasteiger partial charge in [-0.1, -0.05) is 54.4 Å². The van der Waals surface area contributed by atoms with E-state index >= 15 is 0 Å². The standard InChI is InChI=1S/C20H25ClN2O2S/c21-20-6-4-5-19(13-20)16-26(24,25)22-14-17-7-9-18(10-8-17)15-23-11-2-1-3-12-23/h4-10,13,22H,1-3,11-12,14-16H2. The van der Waals surface area contributed by atoms with Gasteiger partial charge in [-0.3, -0.25) is 4.90 Å². The van der Waals surface area contributed by atoms with Gasteiger partial charge in [-0.15, -0.1) is 0 Å². The first-order valence-corrected chi connectivity index (χ1v) is 11.1. The summed E-state index contributed by atoms with van der Waals surface area (Å²) in [5.41, 5.74) is 2.92. The zero-order valence-electron chi connectivity index (χ0n) is 14.8. The smallest absolute Gasteiger partial charge is 0.216 e. The molecule has 1 aliphatic heterocycles. The molecule has 2 aromatic carbocycles. The number of rotatable bonds is 7. The summed E-state index contributed by atoms with van der Waals surface area (Å²) < 4.78 is 27.2. The molecule has 1 saturated heterocycles. The summed E-state index contributed by atoms with van der Waals surface area (Å²) in [5, 5.41) is 0.544. The van der Waals surface area contributed by atoms with E-state index in [0.717, 1.165) is 12.1 Å². The lowest BCUT2D eigenvalue weighted by molar-refractivity contribution is 0.221. The summed E-state index contributed by atoms with van der Waals surface area (Å²) >= 11 is 5.91. The molecule has 0 amide bonds. The highest BCUT2D eigenvalue weighted by Crippen LogP contribution is 2.15. The number of hydrogen-bond donors (Lipinski definition) is 1. The van der Waals surface area contributed by atoms with Crippen molar-refractivity contribution >= 4 is 21.6 Å². The maximum Gasteiger partial charge on any atom is 0.216 e. The summed E-state index contributed by atoms with van der Waals surface area (Å²) in [4.78, 5) is 2.48. The van der Waals surface area contributed by atoms with E-state index in [9.17, 15) is 8.42 Å². The highest BCUT2D eigenvalue weighted by molar-refractivity contribution is 7.88. The molecule has 0 aromatic heterocycles.